The molecule has 0 N–H and O–H groups in total. The van der Waals surface area contributed by atoms with Crippen LogP contribution in [-0.4, -0.2) is 4.57 Å². The number of nitrogens with zero attached hydrogens (tertiary/aromatic N) is 2. The summed E-state index contributed by atoms with van der Waals surface area (Å²) >= 11 is 0. The number of fused-ring (bicyclic) bond motifs is 9. The van der Waals surface area contributed by atoms with Crippen LogP contribution in [0.2, 0.25) is 0 Å². The van der Waals surface area contributed by atoms with Crippen molar-refractivity contribution < 1.29 is 4.42 Å². The fourth-order valence-corrected chi connectivity index (χ4v) is 10.2. The standard InChI is InChI=1S/C62H40N2O/c1-3-15-41(16-4-1)42-29-31-45(32-30-42)50-39-40-58(61-54-22-10-12-28-59(54)65-62(50)61)64(55-26-14-24-51-48-20-8-7-17-43(48)35-38-52(51)55)47-36-33-44(34-37-47)49-23-13-27-57-60(49)53-21-9-11-25-56(53)63(57)46-18-5-2-6-19-46/h1-40H. The first-order valence-corrected chi connectivity index (χ1v) is 22.3. The second-order valence-corrected chi connectivity index (χ2v) is 16.8. The predicted octanol–water partition coefficient (Wildman–Crippen LogP) is 17.5. The van der Waals surface area contributed by atoms with E-state index in [2.05, 4.69) is 252 Å². The molecule has 13 aromatic rings. The third-order valence-electron chi connectivity index (χ3n) is 13.2. The largest absolute Gasteiger partial charge is 0.455 e. The van der Waals surface area contributed by atoms with Gasteiger partial charge in [0.15, 0.2) is 0 Å². The molecule has 2 heterocycles. The Bertz CT molecular complexity index is 3920. The summed E-state index contributed by atoms with van der Waals surface area (Å²) in [7, 11) is 0. The molecule has 0 bridgehead atoms. The van der Waals surface area contributed by atoms with Gasteiger partial charge in [-0.15, -0.1) is 0 Å². The molecule has 65 heavy (non-hydrogen) atoms. The summed E-state index contributed by atoms with van der Waals surface area (Å²) in [6.07, 6.45) is 0. The lowest BCUT2D eigenvalue weighted by atomic mass is 9.96. The van der Waals surface area contributed by atoms with Crippen molar-refractivity contribution in [3.8, 4) is 39.1 Å². The molecule has 304 valence electrons. The lowest BCUT2D eigenvalue weighted by Gasteiger charge is -2.28. The highest BCUT2D eigenvalue weighted by molar-refractivity contribution is 6.20. The van der Waals surface area contributed by atoms with Crippen molar-refractivity contribution in [3.63, 3.8) is 0 Å². The van der Waals surface area contributed by atoms with Gasteiger partial charge in [-0.2, -0.15) is 0 Å². The topological polar surface area (TPSA) is 21.3 Å². The van der Waals surface area contributed by atoms with E-state index in [1.807, 2.05) is 0 Å². The number of anilines is 3. The zero-order valence-corrected chi connectivity index (χ0v) is 35.4. The highest BCUT2D eigenvalue weighted by Gasteiger charge is 2.24. The number of benzene rings is 11. The molecule has 0 aliphatic rings. The van der Waals surface area contributed by atoms with Crippen LogP contribution in [0.4, 0.5) is 17.1 Å². The van der Waals surface area contributed by atoms with E-state index >= 15 is 0 Å². The van der Waals surface area contributed by atoms with E-state index in [4.69, 9.17) is 4.42 Å². The number of furan rings is 1. The van der Waals surface area contributed by atoms with Crippen LogP contribution < -0.4 is 4.90 Å². The minimum atomic E-state index is 0.860. The Morgan fingerprint density at radius 3 is 1.77 bits per heavy atom. The molecule has 3 nitrogen and oxygen atoms in total. The van der Waals surface area contributed by atoms with Gasteiger partial charge in [-0.1, -0.05) is 182 Å². The van der Waals surface area contributed by atoms with E-state index in [1.165, 1.54) is 60.0 Å². The van der Waals surface area contributed by atoms with Crippen LogP contribution in [0.1, 0.15) is 0 Å². The van der Waals surface area contributed by atoms with Gasteiger partial charge in [-0.25, -0.2) is 0 Å². The van der Waals surface area contributed by atoms with Crippen molar-refractivity contribution in [2.24, 2.45) is 0 Å². The van der Waals surface area contributed by atoms with Crippen molar-refractivity contribution in [1.82, 2.24) is 4.57 Å². The third-order valence-corrected chi connectivity index (χ3v) is 13.2. The minimum absolute atomic E-state index is 0.860. The summed E-state index contributed by atoms with van der Waals surface area (Å²) in [6.45, 7) is 0. The highest BCUT2D eigenvalue weighted by Crippen LogP contribution is 2.49. The van der Waals surface area contributed by atoms with E-state index in [-0.39, 0.29) is 0 Å². The van der Waals surface area contributed by atoms with Gasteiger partial charge >= 0.3 is 0 Å². The molecule has 0 fully saturated rings. The van der Waals surface area contributed by atoms with Gasteiger partial charge in [-0.05, 0) is 105 Å². The molecule has 0 radical (unpaired) electrons. The van der Waals surface area contributed by atoms with Gasteiger partial charge in [-0.3, -0.25) is 0 Å². The summed E-state index contributed by atoms with van der Waals surface area (Å²) in [6, 6.07) is 87.6. The number of rotatable bonds is 7. The molecule has 0 amide bonds. The van der Waals surface area contributed by atoms with Crippen molar-refractivity contribution in [3.05, 3.63) is 243 Å². The molecule has 0 atom stereocenters. The Kier molecular flexibility index (Phi) is 8.53. The Balaban J connectivity index is 1.02. The Morgan fingerprint density at radius 1 is 0.323 bits per heavy atom. The van der Waals surface area contributed by atoms with Gasteiger partial charge < -0.3 is 13.9 Å². The van der Waals surface area contributed by atoms with Gasteiger partial charge in [0.05, 0.1) is 27.8 Å². The molecule has 0 unspecified atom stereocenters. The number of aromatic nitrogens is 1. The maximum atomic E-state index is 6.92. The molecule has 0 saturated heterocycles. The summed E-state index contributed by atoms with van der Waals surface area (Å²) in [5, 5.41) is 9.48. The van der Waals surface area contributed by atoms with E-state index in [1.54, 1.807) is 0 Å². The van der Waals surface area contributed by atoms with Crippen LogP contribution in [-0.2, 0) is 0 Å². The summed E-state index contributed by atoms with van der Waals surface area (Å²) in [5.74, 6) is 0. The van der Waals surface area contributed by atoms with Crippen molar-refractivity contribution in [2.75, 3.05) is 4.90 Å². The average Bonchev–Trinajstić information content (AvgIpc) is 3.94. The second kappa shape index (κ2) is 15.0. The minimum Gasteiger partial charge on any atom is -0.455 e. The van der Waals surface area contributed by atoms with Gasteiger partial charge in [0.2, 0.25) is 0 Å². The average molecular weight is 829 g/mol. The van der Waals surface area contributed by atoms with Gasteiger partial charge in [0.1, 0.15) is 11.2 Å². The molecule has 11 aromatic carbocycles. The summed E-state index contributed by atoms with van der Waals surface area (Å²) in [4.78, 5) is 2.44. The van der Waals surface area contributed by atoms with Crippen molar-refractivity contribution in [1.29, 1.82) is 0 Å². The molecule has 0 spiro atoms. The SMILES string of the molecule is c1ccc(-c2ccc(-c3ccc(N(c4ccc(-c5cccc6c5c5ccccc5n6-c5ccccc5)cc4)c4cccc5c4ccc4ccccc45)c4c3oc3ccccc34)cc2)cc1. The van der Waals surface area contributed by atoms with Gasteiger partial charge in [0, 0.05) is 38.5 Å². The third kappa shape index (κ3) is 5.97. The highest BCUT2D eigenvalue weighted by atomic mass is 16.3. The first-order chi connectivity index (χ1) is 32.3. The normalized spacial score (nSPS) is 11.7. The second-order valence-electron chi connectivity index (χ2n) is 16.8. The Labute approximate surface area is 376 Å². The van der Waals surface area contributed by atoms with Crippen LogP contribution in [0.25, 0.3) is 104 Å². The van der Waals surface area contributed by atoms with E-state index in [0.717, 1.165) is 61.4 Å². The molecule has 3 heteroatoms. The van der Waals surface area contributed by atoms with E-state index in [0.29, 0.717) is 0 Å². The fraction of sp³-hybridized carbons (Fsp3) is 0. The maximum Gasteiger partial charge on any atom is 0.145 e. The van der Waals surface area contributed by atoms with Gasteiger partial charge in [0.25, 0.3) is 0 Å². The smallest absolute Gasteiger partial charge is 0.145 e. The van der Waals surface area contributed by atoms with Crippen LogP contribution >= 0.6 is 0 Å². The van der Waals surface area contributed by atoms with Crippen molar-refractivity contribution in [2.45, 2.75) is 0 Å². The summed E-state index contributed by atoms with van der Waals surface area (Å²) in [5.41, 5.74) is 15.4. The van der Waals surface area contributed by atoms with Crippen LogP contribution in [0, 0.1) is 0 Å². The van der Waals surface area contributed by atoms with Crippen LogP contribution in [0.15, 0.2) is 247 Å². The lowest BCUT2D eigenvalue weighted by molar-refractivity contribution is 0.670. The quantitative estimate of drug-likeness (QED) is 0.149. The molecular formula is C62H40N2O. The first kappa shape index (κ1) is 36.9. The molecular weight excluding hydrogens is 789 g/mol. The lowest BCUT2D eigenvalue weighted by Crippen LogP contribution is -2.11. The molecule has 0 aliphatic heterocycles. The van der Waals surface area contributed by atoms with Crippen LogP contribution in [0.3, 0.4) is 0 Å². The van der Waals surface area contributed by atoms with E-state index < -0.39 is 0 Å². The zero-order chi connectivity index (χ0) is 42.8. The number of para-hydroxylation sites is 3. The van der Waals surface area contributed by atoms with E-state index in [9.17, 15) is 0 Å². The molecule has 13 rings (SSSR count). The van der Waals surface area contributed by atoms with Crippen molar-refractivity contribution >= 4 is 82.4 Å². The zero-order valence-electron chi connectivity index (χ0n) is 35.4. The Morgan fingerprint density at radius 2 is 0.938 bits per heavy atom. The summed E-state index contributed by atoms with van der Waals surface area (Å²) < 4.78 is 9.30. The first-order valence-electron chi connectivity index (χ1n) is 22.3. The fourth-order valence-electron chi connectivity index (χ4n) is 10.2. The van der Waals surface area contributed by atoms with Crippen LogP contribution in [0.5, 0.6) is 0 Å². The predicted molar refractivity (Wildman–Crippen MR) is 274 cm³/mol. The number of hydrogen-bond acceptors (Lipinski definition) is 2. The monoisotopic (exact) mass is 828 g/mol. The molecule has 2 aromatic heterocycles. The number of hydrogen-bond donors (Lipinski definition) is 0. The molecule has 0 saturated carbocycles. The Hall–Kier alpha value is -8.66. The molecule has 0 aliphatic carbocycles. The maximum absolute atomic E-state index is 6.92.